The van der Waals surface area contributed by atoms with Gasteiger partial charge in [-0.1, -0.05) is 17.7 Å². The molecule has 0 bridgehead atoms. The number of nitrogens with zero attached hydrogens (tertiary/aromatic N) is 3. The van der Waals surface area contributed by atoms with Crippen LogP contribution in [0, 0.1) is 20.8 Å². The van der Waals surface area contributed by atoms with Crippen LogP contribution in [0.2, 0.25) is 0 Å². The zero-order valence-corrected chi connectivity index (χ0v) is 19.7. The second kappa shape index (κ2) is 9.80. The van der Waals surface area contributed by atoms with Gasteiger partial charge in [0.15, 0.2) is 0 Å². The number of carboxylic acid groups (broad SMARTS) is 1. The van der Waals surface area contributed by atoms with E-state index in [1.165, 1.54) is 23.3 Å². The highest BCUT2D eigenvalue weighted by Crippen LogP contribution is 2.40. The lowest BCUT2D eigenvalue weighted by Gasteiger charge is -2.57. The molecule has 33 heavy (non-hydrogen) atoms. The van der Waals surface area contributed by atoms with Crippen molar-refractivity contribution in [3.8, 4) is 0 Å². The van der Waals surface area contributed by atoms with Crippen LogP contribution in [-0.2, 0) is 11.3 Å². The molecule has 2 aromatic rings. The number of hydrogen-bond donors (Lipinski definition) is 1. The minimum Gasteiger partial charge on any atom is -0.475 e. The predicted octanol–water partition coefficient (Wildman–Crippen LogP) is 4.58. The van der Waals surface area contributed by atoms with Gasteiger partial charge >= 0.3 is 12.1 Å². The monoisotopic (exact) mass is 483 g/mol. The Morgan fingerprint density at radius 3 is 2.39 bits per heavy atom. The number of aliphatic carboxylic acids is 1. The number of carbonyl (C=O) groups excluding carboxylic acids is 1. The molecule has 1 atom stereocenters. The van der Waals surface area contributed by atoms with Crippen LogP contribution in [0.15, 0.2) is 24.4 Å². The van der Waals surface area contributed by atoms with Gasteiger partial charge in [-0.3, -0.25) is 9.69 Å². The van der Waals surface area contributed by atoms with Crippen molar-refractivity contribution < 1.29 is 27.9 Å². The molecule has 2 aliphatic rings. The Balaban J connectivity index is 0.000000383. The SMILES string of the molecule is Cc1ccc(C(=O)N2CCCC3(CCN3Cc3cnc(C)s3)C2)c(C)c1.O=C(O)C(F)(F)F. The Morgan fingerprint density at radius 2 is 1.88 bits per heavy atom. The van der Waals surface area contributed by atoms with E-state index in [-0.39, 0.29) is 11.4 Å². The number of amides is 1. The fourth-order valence-electron chi connectivity index (χ4n) is 4.47. The molecule has 1 unspecified atom stereocenters. The quantitative estimate of drug-likeness (QED) is 0.692. The van der Waals surface area contributed by atoms with Crippen LogP contribution >= 0.6 is 11.3 Å². The van der Waals surface area contributed by atoms with Crippen LogP contribution in [0.4, 0.5) is 13.2 Å². The summed E-state index contributed by atoms with van der Waals surface area (Å²) < 4.78 is 31.7. The third kappa shape index (κ3) is 5.92. The van der Waals surface area contributed by atoms with Crippen LogP contribution in [-0.4, -0.2) is 63.1 Å². The number of carboxylic acids is 1. The van der Waals surface area contributed by atoms with Gasteiger partial charge in [-0.05, 0) is 51.7 Å². The highest BCUT2D eigenvalue weighted by atomic mass is 32.1. The second-order valence-corrected chi connectivity index (χ2v) is 10.0. The Bertz CT molecular complexity index is 1020. The van der Waals surface area contributed by atoms with Gasteiger partial charge in [0, 0.05) is 48.4 Å². The van der Waals surface area contributed by atoms with Gasteiger partial charge in [0.2, 0.25) is 0 Å². The van der Waals surface area contributed by atoms with Crippen molar-refractivity contribution in [3.05, 3.63) is 51.0 Å². The molecule has 1 N–H and O–H groups in total. The molecule has 4 rings (SSSR count). The minimum absolute atomic E-state index is 0.171. The first-order valence-corrected chi connectivity index (χ1v) is 11.6. The van der Waals surface area contributed by atoms with Gasteiger partial charge < -0.3 is 10.0 Å². The van der Waals surface area contributed by atoms with Crippen molar-refractivity contribution in [2.75, 3.05) is 19.6 Å². The number of thiazole rings is 1. The number of likely N-dealkylation sites (tertiary alicyclic amines) is 2. The number of aryl methyl sites for hydroxylation is 3. The van der Waals surface area contributed by atoms with E-state index in [0.717, 1.165) is 48.7 Å². The lowest BCUT2D eigenvalue weighted by molar-refractivity contribution is -0.192. The van der Waals surface area contributed by atoms with Gasteiger partial charge in [0.25, 0.3) is 5.91 Å². The summed E-state index contributed by atoms with van der Waals surface area (Å²) in [4.78, 5) is 32.4. The molecular formula is C23H28F3N3O3S. The summed E-state index contributed by atoms with van der Waals surface area (Å²) in [5.74, 6) is -2.56. The van der Waals surface area contributed by atoms with Crippen LogP contribution in [0.1, 0.15) is 50.6 Å². The second-order valence-electron chi connectivity index (χ2n) is 8.69. The van der Waals surface area contributed by atoms with Gasteiger partial charge in [0.05, 0.1) is 5.01 Å². The number of benzene rings is 1. The summed E-state index contributed by atoms with van der Waals surface area (Å²) in [5, 5.41) is 8.25. The van der Waals surface area contributed by atoms with Gasteiger partial charge in [-0.15, -0.1) is 11.3 Å². The summed E-state index contributed by atoms with van der Waals surface area (Å²) in [5.41, 5.74) is 3.32. The number of hydrogen-bond acceptors (Lipinski definition) is 5. The van der Waals surface area contributed by atoms with Crippen molar-refractivity contribution in [1.82, 2.24) is 14.8 Å². The van der Waals surface area contributed by atoms with E-state index in [1.807, 2.05) is 25.3 Å². The molecule has 0 radical (unpaired) electrons. The summed E-state index contributed by atoms with van der Waals surface area (Å²) >= 11 is 1.79. The van der Waals surface area contributed by atoms with E-state index in [0.29, 0.717) is 0 Å². The molecule has 180 valence electrons. The van der Waals surface area contributed by atoms with Crippen LogP contribution < -0.4 is 0 Å². The molecule has 2 saturated heterocycles. The molecule has 0 saturated carbocycles. The predicted molar refractivity (Wildman–Crippen MR) is 119 cm³/mol. The van der Waals surface area contributed by atoms with Gasteiger partial charge in [-0.2, -0.15) is 13.2 Å². The summed E-state index contributed by atoms with van der Waals surface area (Å²) in [6, 6.07) is 6.14. The summed E-state index contributed by atoms with van der Waals surface area (Å²) in [6.07, 6.45) is 0.408. The lowest BCUT2D eigenvalue weighted by atomic mass is 9.77. The zero-order chi connectivity index (χ0) is 24.4. The van der Waals surface area contributed by atoms with Crippen molar-refractivity contribution in [1.29, 1.82) is 0 Å². The molecule has 1 spiro atoms. The third-order valence-electron chi connectivity index (χ3n) is 6.23. The normalized spacial score (nSPS) is 20.7. The standard InChI is InChI=1S/C21H27N3OS.C2HF3O2/c1-15-5-6-19(16(2)11-15)20(25)23-9-4-7-21(14-23)8-10-24(21)13-18-12-22-17(3)26-18;3-2(4,5)1(6)7/h5-6,11-12H,4,7-10,13-14H2,1-3H3;(H,6,7). The van der Waals surface area contributed by atoms with E-state index in [1.54, 1.807) is 11.3 Å². The number of piperidine rings is 1. The molecule has 0 aliphatic carbocycles. The topological polar surface area (TPSA) is 73.7 Å². The Morgan fingerprint density at radius 1 is 1.18 bits per heavy atom. The van der Waals surface area contributed by atoms with E-state index < -0.39 is 12.1 Å². The number of carbonyl (C=O) groups is 2. The summed E-state index contributed by atoms with van der Waals surface area (Å²) in [6.45, 7) is 10.0. The van der Waals surface area contributed by atoms with Crippen LogP contribution in [0.25, 0.3) is 0 Å². The van der Waals surface area contributed by atoms with Crippen molar-refractivity contribution in [3.63, 3.8) is 0 Å². The number of aromatic nitrogens is 1. The third-order valence-corrected chi connectivity index (χ3v) is 7.13. The zero-order valence-electron chi connectivity index (χ0n) is 18.9. The molecule has 10 heteroatoms. The maximum Gasteiger partial charge on any atom is 0.490 e. The van der Waals surface area contributed by atoms with E-state index in [2.05, 4.69) is 34.7 Å². The van der Waals surface area contributed by atoms with Crippen molar-refractivity contribution in [2.24, 2.45) is 0 Å². The fourth-order valence-corrected chi connectivity index (χ4v) is 5.28. The first-order valence-electron chi connectivity index (χ1n) is 10.7. The van der Waals surface area contributed by atoms with Crippen molar-refractivity contribution >= 4 is 23.2 Å². The largest absolute Gasteiger partial charge is 0.490 e. The number of halogens is 3. The molecule has 2 aliphatic heterocycles. The lowest BCUT2D eigenvalue weighted by Crippen LogP contribution is -2.66. The number of rotatable bonds is 3. The molecular weight excluding hydrogens is 455 g/mol. The molecule has 1 aromatic heterocycles. The fraction of sp³-hybridized carbons (Fsp3) is 0.522. The number of alkyl halides is 3. The maximum atomic E-state index is 13.1. The Kier molecular flexibility index (Phi) is 7.48. The molecule has 2 fully saturated rings. The van der Waals surface area contributed by atoms with E-state index in [9.17, 15) is 18.0 Å². The molecule has 1 aromatic carbocycles. The van der Waals surface area contributed by atoms with E-state index >= 15 is 0 Å². The van der Waals surface area contributed by atoms with Crippen LogP contribution in [0.3, 0.4) is 0 Å². The highest BCUT2D eigenvalue weighted by molar-refractivity contribution is 7.11. The van der Waals surface area contributed by atoms with Crippen LogP contribution in [0.5, 0.6) is 0 Å². The smallest absolute Gasteiger partial charge is 0.475 e. The Hall–Kier alpha value is -2.46. The Labute approximate surface area is 195 Å². The average molecular weight is 484 g/mol. The highest BCUT2D eigenvalue weighted by Gasteiger charge is 2.48. The first-order chi connectivity index (χ1) is 15.4. The summed E-state index contributed by atoms with van der Waals surface area (Å²) in [7, 11) is 0. The minimum atomic E-state index is -5.08. The average Bonchev–Trinajstić information content (AvgIpc) is 3.15. The molecule has 6 nitrogen and oxygen atoms in total. The maximum absolute atomic E-state index is 13.1. The van der Waals surface area contributed by atoms with E-state index in [4.69, 9.17) is 9.90 Å². The first kappa shape index (κ1) is 25.2. The van der Waals surface area contributed by atoms with Gasteiger partial charge in [0.1, 0.15) is 0 Å². The van der Waals surface area contributed by atoms with Crippen molar-refractivity contribution in [2.45, 2.75) is 58.3 Å². The molecule has 3 heterocycles. The molecule has 1 amide bonds. The van der Waals surface area contributed by atoms with Gasteiger partial charge in [-0.25, -0.2) is 9.78 Å².